The summed E-state index contributed by atoms with van der Waals surface area (Å²) < 4.78 is 5.12. The van der Waals surface area contributed by atoms with Crippen molar-refractivity contribution in [1.29, 1.82) is 0 Å². The minimum atomic E-state index is -0.683. The standard InChI is InChI=1S/C19H23NO4/c21-15-9-8-14-11-16(19(23)24-17(14)12-15)18(22)20-10-4-7-13-5-2-1-3-6-13/h8-9,11-13,21H,1-7,10H2,(H,20,22). The SMILES string of the molecule is O=C(NCCCC1CCCCC1)c1cc2ccc(O)cc2oc1=O. The Morgan fingerprint density at radius 1 is 1.21 bits per heavy atom. The number of fused-ring (bicyclic) bond motifs is 1. The molecule has 2 N–H and O–H groups in total. The van der Waals surface area contributed by atoms with Crippen molar-refractivity contribution < 1.29 is 14.3 Å². The number of hydrogen-bond acceptors (Lipinski definition) is 4. The van der Waals surface area contributed by atoms with Crippen molar-refractivity contribution in [2.24, 2.45) is 5.92 Å². The van der Waals surface area contributed by atoms with Gasteiger partial charge >= 0.3 is 5.63 Å². The van der Waals surface area contributed by atoms with Gasteiger partial charge in [0, 0.05) is 18.0 Å². The fourth-order valence-corrected chi connectivity index (χ4v) is 3.42. The van der Waals surface area contributed by atoms with E-state index < -0.39 is 11.5 Å². The number of hydrogen-bond donors (Lipinski definition) is 2. The average molecular weight is 329 g/mol. The number of phenolic OH excluding ortho intramolecular Hbond substituents is 1. The molecule has 5 heteroatoms. The van der Waals surface area contributed by atoms with Gasteiger partial charge in [-0.3, -0.25) is 4.79 Å². The summed E-state index contributed by atoms with van der Waals surface area (Å²) in [4.78, 5) is 24.2. The number of nitrogens with one attached hydrogen (secondary N) is 1. The summed E-state index contributed by atoms with van der Waals surface area (Å²) in [7, 11) is 0. The van der Waals surface area contributed by atoms with E-state index in [0.29, 0.717) is 11.9 Å². The normalized spacial score (nSPS) is 15.5. The summed E-state index contributed by atoms with van der Waals surface area (Å²) in [6.45, 7) is 0.572. The molecule has 1 aromatic heterocycles. The fourth-order valence-electron chi connectivity index (χ4n) is 3.42. The third kappa shape index (κ3) is 3.96. The van der Waals surface area contributed by atoms with Crippen LogP contribution in [0.3, 0.4) is 0 Å². The van der Waals surface area contributed by atoms with E-state index >= 15 is 0 Å². The molecule has 0 radical (unpaired) electrons. The molecule has 1 heterocycles. The van der Waals surface area contributed by atoms with Gasteiger partial charge in [-0.15, -0.1) is 0 Å². The molecule has 128 valence electrons. The molecular weight excluding hydrogens is 306 g/mol. The first-order valence-electron chi connectivity index (χ1n) is 8.68. The van der Waals surface area contributed by atoms with Gasteiger partial charge in [0.2, 0.25) is 0 Å². The van der Waals surface area contributed by atoms with Gasteiger partial charge in [-0.2, -0.15) is 0 Å². The highest BCUT2D eigenvalue weighted by atomic mass is 16.4. The van der Waals surface area contributed by atoms with Crippen molar-refractivity contribution in [2.75, 3.05) is 6.54 Å². The van der Waals surface area contributed by atoms with E-state index in [1.54, 1.807) is 6.07 Å². The third-order valence-corrected chi connectivity index (χ3v) is 4.76. The number of benzene rings is 1. The molecule has 24 heavy (non-hydrogen) atoms. The van der Waals surface area contributed by atoms with E-state index in [1.165, 1.54) is 50.3 Å². The smallest absolute Gasteiger partial charge is 0.349 e. The molecule has 1 aliphatic rings. The highest BCUT2D eigenvalue weighted by molar-refractivity contribution is 5.96. The number of carbonyl (C=O) groups is 1. The lowest BCUT2D eigenvalue weighted by molar-refractivity contribution is 0.0948. The number of rotatable bonds is 5. The van der Waals surface area contributed by atoms with Crippen LogP contribution in [0.2, 0.25) is 0 Å². The van der Waals surface area contributed by atoms with E-state index in [2.05, 4.69) is 5.32 Å². The Bertz CT molecular complexity index is 775. The average Bonchev–Trinajstić information content (AvgIpc) is 2.58. The van der Waals surface area contributed by atoms with Crippen molar-refractivity contribution in [2.45, 2.75) is 44.9 Å². The van der Waals surface area contributed by atoms with Crippen molar-refractivity contribution in [3.63, 3.8) is 0 Å². The van der Waals surface area contributed by atoms with Crippen molar-refractivity contribution >= 4 is 16.9 Å². The minimum Gasteiger partial charge on any atom is -0.508 e. The number of amides is 1. The second kappa shape index (κ2) is 7.51. The van der Waals surface area contributed by atoms with Gasteiger partial charge in [0.05, 0.1) is 0 Å². The van der Waals surface area contributed by atoms with Gasteiger partial charge < -0.3 is 14.8 Å². The predicted molar refractivity (Wildman–Crippen MR) is 92.3 cm³/mol. The van der Waals surface area contributed by atoms with Crippen LogP contribution in [0.5, 0.6) is 5.75 Å². The lowest BCUT2D eigenvalue weighted by atomic mass is 9.86. The van der Waals surface area contributed by atoms with Crippen LogP contribution in [0.25, 0.3) is 11.0 Å². The van der Waals surface area contributed by atoms with Crippen LogP contribution in [0.4, 0.5) is 0 Å². The maximum Gasteiger partial charge on any atom is 0.349 e. The van der Waals surface area contributed by atoms with Crippen LogP contribution < -0.4 is 10.9 Å². The molecule has 1 saturated carbocycles. The van der Waals surface area contributed by atoms with Crippen LogP contribution in [-0.2, 0) is 0 Å². The summed E-state index contributed by atoms with van der Waals surface area (Å²) >= 11 is 0. The highest BCUT2D eigenvalue weighted by Gasteiger charge is 2.15. The van der Waals surface area contributed by atoms with Crippen LogP contribution in [-0.4, -0.2) is 17.6 Å². The van der Waals surface area contributed by atoms with Crippen molar-refractivity contribution in [3.05, 3.63) is 40.2 Å². The first-order valence-corrected chi connectivity index (χ1v) is 8.68. The first kappa shape index (κ1) is 16.6. The molecule has 0 atom stereocenters. The monoisotopic (exact) mass is 329 g/mol. The molecule has 1 fully saturated rings. The molecule has 2 aromatic rings. The molecular formula is C19H23NO4. The molecule has 0 bridgehead atoms. The van der Waals surface area contributed by atoms with Gasteiger partial charge in [-0.1, -0.05) is 32.1 Å². The number of phenols is 1. The summed E-state index contributed by atoms with van der Waals surface area (Å²) in [6.07, 6.45) is 8.66. The molecule has 0 aliphatic heterocycles. The van der Waals surface area contributed by atoms with E-state index in [-0.39, 0.29) is 16.9 Å². The molecule has 1 amide bonds. The van der Waals surface area contributed by atoms with Gasteiger partial charge in [-0.25, -0.2) is 4.79 Å². The summed E-state index contributed by atoms with van der Waals surface area (Å²) in [5, 5.41) is 12.8. The predicted octanol–water partition coefficient (Wildman–Crippen LogP) is 3.59. The molecule has 1 aliphatic carbocycles. The topological polar surface area (TPSA) is 79.5 Å². The molecule has 1 aromatic carbocycles. The Hall–Kier alpha value is -2.30. The Balaban J connectivity index is 1.58. The van der Waals surface area contributed by atoms with E-state index in [9.17, 15) is 14.7 Å². The molecule has 0 saturated heterocycles. The maximum absolute atomic E-state index is 12.2. The van der Waals surface area contributed by atoms with Crippen LogP contribution in [0, 0.1) is 5.92 Å². The largest absolute Gasteiger partial charge is 0.508 e. The fraction of sp³-hybridized carbons (Fsp3) is 0.474. The highest BCUT2D eigenvalue weighted by Crippen LogP contribution is 2.27. The zero-order chi connectivity index (χ0) is 16.9. The molecule has 3 rings (SSSR count). The number of carbonyl (C=O) groups excluding carboxylic acids is 1. The zero-order valence-electron chi connectivity index (χ0n) is 13.7. The second-order valence-corrected chi connectivity index (χ2v) is 6.57. The zero-order valence-corrected chi connectivity index (χ0v) is 13.7. The number of aromatic hydroxyl groups is 1. The Morgan fingerprint density at radius 3 is 2.79 bits per heavy atom. The van der Waals surface area contributed by atoms with E-state index in [4.69, 9.17) is 4.42 Å². The van der Waals surface area contributed by atoms with Gasteiger partial charge in [-0.05, 0) is 37.0 Å². The van der Waals surface area contributed by atoms with Gasteiger partial charge in [0.1, 0.15) is 16.9 Å². The molecule has 0 unspecified atom stereocenters. The Kier molecular flexibility index (Phi) is 5.18. The summed E-state index contributed by atoms with van der Waals surface area (Å²) in [5.41, 5.74) is -0.405. The minimum absolute atomic E-state index is 0.00542. The van der Waals surface area contributed by atoms with Crippen molar-refractivity contribution in [3.8, 4) is 5.75 Å². The third-order valence-electron chi connectivity index (χ3n) is 4.76. The molecule has 5 nitrogen and oxygen atoms in total. The van der Waals surface area contributed by atoms with Gasteiger partial charge in [0.15, 0.2) is 0 Å². The van der Waals surface area contributed by atoms with Crippen LogP contribution in [0.15, 0.2) is 33.5 Å². The van der Waals surface area contributed by atoms with Crippen LogP contribution in [0.1, 0.15) is 55.3 Å². The first-order chi connectivity index (χ1) is 11.6. The quantitative estimate of drug-likeness (QED) is 0.649. The van der Waals surface area contributed by atoms with Gasteiger partial charge in [0.25, 0.3) is 5.91 Å². The summed E-state index contributed by atoms with van der Waals surface area (Å²) in [5.74, 6) is 0.405. The second-order valence-electron chi connectivity index (χ2n) is 6.57. The van der Waals surface area contributed by atoms with Crippen molar-refractivity contribution in [1.82, 2.24) is 5.32 Å². The lowest BCUT2D eigenvalue weighted by Gasteiger charge is -2.21. The van der Waals surface area contributed by atoms with E-state index in [1.807, 2.05) is 0 Å². The molecule has 0 spiro atoms. The van der Waals surface area contributed by atoms with E-state index in [0.717, 1.165) is 18.8 Å². The Morgan fingerprint density at radius 2 is 2.00 bits per heavy atom. The maximum atomic E-state index is 12.2. The Labute approximate surface area is 140 Å². The van der Waals surface area contributed by atoms with Crippen LogP contribution >= 0.6 is 0 Å². The lowest BCUT2D eigenvalue weighted by Crippen LogP contribution is -2.29. The summed E-state index contributed by atoms with van der Waals surface area (Å²) in [6, 6.07) is 5.99.